The number of aliphatic hydroxyl groups is 1. The van der Waals surface area contributed by atoms with Gasteiger partial charge in [-0.05, 0) is 18.6 Å². The van der Waals surface area contributed by atoms with E-state index in [2.05, 4.69) is 11.9 Å². The van der Waals surface area contributed by atoms with Crippen LogP contribution in [0, 0.1) is 0 Å². The van der Waals surface area contributed by atoms with Crippen molar-refractivity contribution in [2.45, 2.75) is 32.3 Å². The molecule has 0 aromatic carbocycles. The summed E-state index contributed by atoms with van der Waals surface area (Å²) in [5.41, 5.74) is 1.12. The summed E-state index contributed by atoms with van der Waals surface area (Å²) in [6.45, 7) is 2.08. The van der Waals surface area contributed by atoms with E-state index < -0.39 is 0 Å². The lowest BCUT2D eigenvalue weighted by Gasteiger charge is -2.06. The summed E-state index contributed by atoms with van der Waals surface area (Å²) in [6, 6.07) is 3.95. The van der Waals surface area contributed by atoms with E-state index in [-0.39, 0.29) is 6.10 Å². The highest BCUT2D eigenvalue weighted by Crippen LogP contribution is 2.04. The predicted molar refractivity (Wildman–Crippen MR) is 45.4 cm³/mol. The zero-order valence-electron chi connectivity index (χ0n) is 6.88. The highest BCUT2D eigenvalue weighted by molar-refractivity contribution is 5.04. The van der Waals surface area contributed by atoms with Gasteiger partial charge in [0.05, 0.1) is 6.10 Å². The van der Waals surface area contributed by atoms with E-state index in [0.717, 1.165) is 25.0 Å². The van der Waals surface area contributed by atoms with Gasteiger partial charge >= 0.3 is 0 Å². The number of H-pyrrole nitrogens is 1. The Hall–Kier alpha value is -0.760. The van der Waals surface area contributed by atoms with Crippen molar-refractivity contribution in [3.63, 3.8) is 0 Å². The van der Waals surface area contributed by atoms with Crippen LogP contribution in [0.3, 0.4) is 0 Å². The maximum atomic E-state index is 9.40. The van der Waals surface area contributed by atoms with Crippen molar-refractivity contribution in [2.75, 3.05) is 0 Å². The van der Waals surface area contributed by atoms with Crippen molar-refractivity contribution in [1.82, 2.24) is 4.98 Å². The van der Waals surface area contributed by atoms with E-state index in [4.69, 9.17) is 0 Å². The third kappa shape index (κ3) is 2.76. The fourth-order valence-electron chi connectivity index (χ4n) is 1.18. The average Bonchev–Trinajstić information content (AvgIpc) is 2.40. The molecule has 2 nitrogen and oxygen atoms in total. The van der Waals surface area contributed by atoms with Gasteiger partial charge in [0.1, 0.15) is 0 Å². The lowest BCUT2D eigenvalue weighted by atomic mass is 10.1. The van der Waals surface area contributed by atoms with Crippen LogP contribution in [0.4, 0.5) is 0 Å². The van der Waals surface area contributed by atoms with Gasteiger partial charge in [0.25, 0.3) is 0 Å². The van der Waals surface area contributed by atoms with Crippen molar-refractivity contribution >= 4 is 0 Å². The van der Waals surface area contributed by atoms with Gasteiger partial charge in [-0.3, -0.25) is 0 Å². The van der Waals surface area contributed by atoms with Crippen molar-refractivity contribution < 1.29 is 5.11 Å². The lowest BCUT2D eigenvalue weighted by Crippen LogP contribution is -2.09. The molecule has 2 heteroatoms. The van der Waals surface area contributed by atoms with Gasteiger partial charge in [-0.2, -0.15) is 0 Å². The normalized spacial score (nSPS) is 13.3. The van der Waals surface area contributed by atoms with Crippen LogP contribution < -0.4 is 0 Å². The molecule has 1 atom stereocenters. The second-order valence-electron chi connectivity index (χ2n) is 2.84. The minimum atomic E-state index is -0.182. The third-order valence-corrected chi connectivity index (χ3v) is 1.74. The number of aromatic amines is 1. The van der Waals surface area contributed by atoms with Crippen LogP contribution >= 0.6 is 0 Å². The molecule has 1 aromatic heterocycles. The Morgan fingerprint density at radius 2 is 2.45 bits per heavy atom. The molecule has 0 saturated heterocycles. The fraction of sp³-hybridized carbons (Fsp3) is 0.556. The van der Waals surface area contributed by atoms with Crippen LogP contribution in [0.1, 0.15) is 25.5 Å². The molecule has 1 aromatic rings. The van der Waals surface area contributed by atoms with E-state index >= 15 is 0 Å². The van der Waals surface area contributed by atoms with Gasteiger partial charge in [0.15, 0.2) is 0 Å². The highest BCUT2D eigenvalue weighted by atomic mass is 16.3. The first-order chi connectivity index (χ1) is 5.33. The Kier molecular flexibility index (Phi) is 3.17. The van der Waals surface area contributed by atoms with Gasteiger partial charge in [-0.15, -0.1) is 0 Å². The molecule has 62 valence electrons. The van der Waals surface area contributed by atoms with Gasteiger partial charge in [-0.25, -0.2) is 0 Å². The summed E-state index contributed by atoms with van der Waals surface area (Å²) in [5, 5.41) is 9.40. The quantitative estimate of drug-likeness (QED) is 0.678. The first-order valence-electron chi connectivity index (χ1n) is 4.13. The molecule has 1 heterocycles. The van der Waals surface area contributed by atoms with Gasteiger partial charge in [0, 0.05) is 18.3 Å². The van der Waals surface area contributed by atoms with E-state index in [1.165, 1.54) is 0 Å². The second kappa shape index (κ2) is 4.19. The molecule has 1 unspecified atom stereocenters. The van der Waals surface area contributed by atoms with Crippen LogP contribution in [-0.2, 0) is 6.42 Å². The van der Waals surface area contributed by atoms with Crippen molar-refractivity contribution in [3.05, 3.63) is 24.0 Å². The monoisotopic (exact) mass is 153 g/mol. The van der Waals surface area contributed by atoms with Gasteiger partial charge in [-0.1, -0.05) is 13.3 Å². The minimum absolute atomic E-state index is 0.182. The molecule has 0 bridgehead atoms. The first kappa shape index (κ1) is 8.34. The second-order valence-corrected chi connectivity index (χ2v) is 2.84. The highest BCUT2D eigenvalue weighted by Gasteiger charge is 2.03. The van der Waals surface area contributed by atoms with Crippen molar-refractivity contribution in [1.29, 1.82) is 0 Å². The van der Waals surface area contributed by atoms with Crippen molar-refractivity contribution in [2.24, 2.45) is 0 Å². The van der Waals surface area contributed by atoms with E-state index in [1.54, 1.807) is 0 Å². The largest absolute Gasteiger partial charge is 0.393 e. The molecule has 0 saturated carbocycles. The summed E-state index contributed by atoms with van der Waals surface area (Å²) in [4.78, 5) is 3.07. The summed E-state index contributed by atoms with van der Waals surface area (Å²) in [5.74, 6) is 0. The fourth-order valence-corrected chi connectivity index (χ4v) is 1.18. The Balaban J connectivity index is 2.31. The standard InChI is InChI=1S/C9H15NO/c1-2-4-9(11)7-8-5-3-6-10-8/h3,5-6,9-11H,2,4,7H2,1H3. The lowest BCUT2D eigenvalue weighted by molar-refractivity contribution is 0.163. The smallest absolute Gasteiger partial charge is 0.0594 e. The zero-order chi connectivity index (χ0) is 8.10. The molecule has 0 aliphatic rings. The third-order valence-electron chi connectivity index (χ3n) is 1.74. The zero-order valence-corrected chi connectivity index (χ0v) is 6.88. The van der Waals surface area contributed by atoms with E-state index in [9.17, 15) is 5.11 Å². The predicted octanol–water partition coefficient (Wildman–Crippen LogP) is 1.72. The Morgan fingerprint density at radius 1 is 1.64 bits per heavy atom. The number of nitrogens with one attached hydrogen (secondary N) is 1. The van der Waals surface area contributed by atoms with Crippen LogP contribution in [0.2, 0.25) is 0 Å². The molecule has 0 amide bonds. The van der Waals surface area contributed by atoms with Crippen LogP contribution in [0.15, 0.2) is 18.3 Å². The number of hydrogen-bond donors (Lipinski definition) is 2. The van der Waals surface area contributed by atoms with Crippen LogP contribution in [-0.4, -0.2) is 16.2 Å². The van der Waals surface area contributed by atoms with Crippen molar-refractivity contribution in [3.8, 4) is 0 Å². The molecule has 0 fully saturated rings. The first-order valence-corrected chi connectivity index (χ1v) is 4.13. The molecule has 11 heavy (non-hydrogen) atoms. The summed E-state index contributed by atoms with van der Waals surface area (Å²) < 4.78 is 0. The van der Waals surface area contributed by atoms with Crippen LogP contribution in [0.5, 0.6) is 0 Å². The molecule has 0 aliphatic carbocycles. The van der Waals surface area contributed by atoms with Crippen LogP contribution in [0.25, 0.3) is 0 Å². The average molecular weight is 153 g/mol. The number of rotatable bonds is 4. The van der Waals surface area contributed by atoms with E-state index in [1.807, 2.05) is 18.3 Å². The maximum Gasteiger partial charge on any atom is 0.0594 e. The molecule has 1 rings (SSSR count). The SMILES string of the molecule is CCCC(O)Cc1ccc[nH]1. The molecule has 0 spiro atoms. The molecule has 0 aliphatic heterocycles. The number of aliphatic hydroxyl groups excluding tert-OH is 1. The summed E-state index contributed by atoms with van der Waals surface area (Å²) >= 11 is 0. The Morgan fingerprint density at radius 3 is 3.00 bits per heavy atom. The minimum Gasteiger partial charge on any atom is -0.393 e. The molecule has 2 N–H and O–H groups in total. The van der Waals surface area contributed by atoms with Gasteiger partial charge in [0.2, 0.25) is 0 Å². The summed E-state index contributed by atoms with van der Waals surface area (Å²) in [7, 11) is 0. The number of aromatic nitrogens is 1. The summed E-state index contributed by atoms with van der Waals surface area (Å²) in [6.07, 6.45) is 4.38. The molecular formula is C9H15NO. The van der Waals surface area contributed by atoms with E-state index in [0.29, 0.717) is 0 Å². The Labute approximate surface area is 67.3 Å². The maximum absolute atomic E-state index is 9.40. The molecular weight excluding hydrogens is 138 g/mol. The molecule has 0 radical (unpaired) electrons. The number of hydrogen-bond acceptors (Lipinski definition) is 1. The Bertz CT molecular complexity index is 181. The topological polar surface area (TPSA) is 36.0 Å². The van der Waals surface area contributed by atoms with Gasteiger partial charge < -0.3 is 10.1 Å².